The van der Waals surface area contributed by atoms with E-state index in [-0.39, 0.29) is 11.5 Å². The van der Waals surface area contributed by atoms with Crippen LogP contribution in [-0.4, -0.2) is 30.6 Å². The van der Waals surface area contributed by atoms with Crippen LogP contribution in [-0.2, 0) is 9.84 Å². The second-order valence-corrected chi connectivity index (χ2v) is 7.74. The van der Waals surface area contributed by atoms with Crippen molar-refractivity contribution in [2.75, 3.05) is 11.5 Å². The van der Waals surface area contributed by atoms with E-state index < -0.39 is 15.4 Å². The van der Waals surface area contributed by atoms with Crippen molar-refractivity contribution >= 4 is 9.84 Å². The molecule has 2 unspecified atom stereocenters. The Hall–Kier alpha value is -0.0900. The van der Waals surface area contributed by atoms with Crippen molar-refractivity contribution in [2.24, 2.45) is 5.92 Å². The molecule has 1 aliphatic rings. The van der Waals surface area contributed by atoms with Crippen LogP contribution in [0.15, 0.2) is 0 Å². The zero-order chi connectivity index (χ0) is 12.2. The maximum Gasteiger partial charge on any atom is 0.150 e. The molecule has 0 aromatic rings. The molecule has 0 heterocycles. The SMILES string of the molecule is CCS(=O)(=O)CCCC1(O)CCCC(C)C1. The summed E-state index contributed by atoms with van der Waals surface area (Å²) in [5.74, 6) is 1.00. The summed E-state index contributed by atoms with van der Waals surface area (Å²) in [6.07, 6.45) is 5.16. The van der Waals surface area contributed by atoms with E-state index in [1.807, 2.05) is 0 Å². The molecule has 0 radical (unpaired) electrons. The third kappa shape index (κ3) is 4.42. The fraction of sp³-hybridized carbons (Fsp3) is 1.00. The maximum atomic E-state index is 11.3. The molecule has 1 fully saturated rings. The third-order valence-electron chi connectivity index (χ3n) is 3.60. The van der Waals surface area contributed by atoms with E-state index in [2.05, 4.69) is 6.92 Å². The smallest absolute Gasteiger partial charge is 0.150 e. The second-order valence-electron chi connectivity index (χ2n) is 5.27. The summed E-state index contributed by atoms with van der Waals surface area (Å²) in [5.41, 5.74) is -0.596. The first-order chi connectivity index (χ1) is 7.37. The molecule has 0 amide bonds. The number of hydrogen-bond acceptors (Lipinski definition) is 3. The van der Waals surface area contributed by atoms with Gasteiger partial charge in [-0.1, -0.05) is 26.7 Å². The van der Waals surface area contributed by atoms with E-state index in [1.165, 1.54) is 6.42 Å². The van der Waals surface area contributed by atoms with Crippen LogP contribution in [0.1, 0.15) is 52.4 Å². The normalized spacial score (nSPS) is 31.6. The van der Waals surface area contributed by atoms with E-state index in [0.29, 0.717) is 18.8 Å². The first-order valence-electron chi connectivity index (χ1n) is 6.30. The Balaban J connectivity index is 2.36. The first kappa shape index (κ1) is 14.0. The molecule has 96 valence electrons. The Kier molecular flexibility index (Phi) is 4.80. The van der Waals surface area contributed by atoms with Crippen molar-refractivity contribution < 1.29 is 13.5 Å². The highest BCUT2D eigenvalue weighted by Gasteiger charge is 2.32. The Morgan fingerprint density at radius 2 is 2.12 bits per heavy atom. The predicted octanol–water partition coefficient (Wildman–Crippen LogP) is 2.14. The van der Waals surface area contributed by atoms with Gasteiger partial charge in [0.15, 0.2) is 0 Å². The standard InChI is InChI=1S/C12H24O3S/c1-3-16(14,15)9-5-8-12(13)7-4-6-11(2)10-12/h11,13H,3-10H2,1-2H3. The molecule has 1 rings (SSSR count). The zero-order valence-electron chi connectivity index (χ0n) is 10.4. The summed E-state index contributed by atoms with van der Waals surface area (Å²) < 4.78 is 22.7. The van der Waals surface area contributed by atoms with Crippen LogP contribution in [0.3, 0.4) is 0 Å². The van der Waals surface area contributed by atoms with Gasteiger partial charge in [0.05, 0.1) is 11.4 Å². The average Bonchev–Trinajstić information content (AvgIpc) is 2.16. The van der Waals surface area contributed by atoms with Crippen LogP contribution in [0.5, 0.6) is 0 Å². The van der Waals surface area contributed by atoms with Crippen LogP contribution in [0, 0.1) is 5.92 Å². The van der Waals surface area contributed by atoms with E-state index in [1.54, 1.807) is 6.92 Å². The summed E-state index contributed by atoms with van der Waals surface area (Å²) in [6.45, 7) is 3.83. The minimum atomic E-state index is -2.87. The van der Waals surface area contributed by atoms with Gasteiger partial charge in [0.25, 0.3) is 0 Å². The van der Waals surface area contributed by atoms with Gasteiger partial charge < -0.3 is 5.11 Å². The van der Waals surface area contributed by atoms with Crippen molar-refractivity contribution in [3.63, 3.8) is 0 Å². The molecule has 4 heteroatoms. The highest BCUT2D eigenvalue weighted by atomic mass is 32.2. The number of hydrogen-bond donors (Lipinski definition) is 1. The van der Waals surface area contributed by atoms with Gasteiger partial charge >= 0.3 is 0 Å². The molecular weight excluding hydrogens is 224 g/mol. The largest absolute Gasteiger partial charge is 0.390 e. The van der Waals surface area contributed by atoms with Gasteiger partial charge in [0.2, 0.25) is 0 Å². The van der Waals surface area contributed by atoms with Gasteiger partial charge in [-0.15, -0.1) is 0 Å². The average molecular weight is 248 g/mol. The highest BCUT2D eigenvalue weighted by molar-refractivity contribution is 7.91. The Morgan fingerprint density at radius 3 is 2.69 bits per heavy atom. The molecule has 0 spiro atoms. The Bertz CT molecular complexity index is 310. The van der Waals surface area contributed by atoms with Gasteiger partial charge in [-0.2, -0.15) is 0 Å². The van der Waals surface area contributed by atoms with Gasteiger partial charge in [-0.3, -0.25) is 0 Å². The van der Waals surface area contributed by atoms with Crippen LogP contribution in [0.2, 0.25) is 0 Å². The van der Waals surface area contributed by atoms with Crippen LogP contribution in [0.25, 0.3) is 0 Å². The topological polar surface area (TPSA) is 54.4 Å². The fourth-order valence-corrected chi connectivity index (χ4v) is 3.50. The van der Waals surface area contributed by atoms with Gasteiger partial charge in [0.1, 0.15) is 9.84 Å². The predicted molar refractivity (Wildman–Crippen MR) is 66.1 cm³/mol. The monoisotopic (exact) mass is 248 g/mol. The summed E-state index contributed by atoms with van der Waals surface area (Å²) in [6, 6.07) is 0. The molecule has 0 aliphatic heterocycles. The van der Waals surface area contributed by atoms with Crippen LogP contribution >= 0.6 is 0 Å². The summed E-state index contributed by atoms with van der Waals surface area (Å²) in [4.78, 5) is 0. The quantitative estimate of drug-likeness (QED) is 0.811. The van der Waals surface area contributed by atoms with Gasteiger partial charge in [-0.25, -0.2) is 8.42 Å². The lowest BCUT2D eigenvalue weighted by Crippen LogP contribution is -2.34. The van der Waals surface area contributed by atoms with E-state index in [0.717, 1.165) is 19.3 Å². The molecule has 16 heavy (non-hydrogen) atoms. The lowest BCUT2D eigenvalue weighted by atomic mass is 9.77. The minimum Gasteiger partial charge on any atom is -0.390 e. The van der Waals surface area contributed by atoms with E-state index in [9.17, 15) is 13.5 Å². The lowest BCUT2D eigenvalue weighted by molar-refractivity contribution is -0.0203. The molecule has 1 saturated carbocycles. The van der Waals surface area contributed by atoms with Crippen molar-refractivity contribution in [3.8, 4) is 0 Å². The Morgan fingerprint density at radius 1 is 1.44 bits per heavy atom. The molecule has 0 bridgehead atoms. The summed E-state index contributed by atoms with van der Waals surface area (Å²) in [5, 5.41) is 10.3. The molecule has 0 aromatic heterocycles. The number of rotatable bonds is 5. The minimum absolute atomic E-state index is 0.210. The summed E-state index contributed by atoms with van der Waals surface area (Å²) >= 11 is 0. The van der Waals surface area contributed by atoms with Crippen molar-refractivity contribution in [1.82, 2.24) is 0 Å². The fourth-order valence-electron chi connectivity index (χ4n) is 2.62. The van der Waals surface area contributed by atoms with E-state index in [4.69, 9.17) is 0 Å². The molecule has 0 aromatic carbocycles. The second kappa shape index (κ2) is 5.50. The third-order valence-corrected chi connectivity index (χ3v) is 5.40. The Labute approximate surface area is 99.2 Å². The first-order valence-corrected chi connectivity index (χ1v) is 8.12. The van der Waals surface area contributed by atoms with Gasteiger partial charge in [-0.05, 0) is 31.6 Å². The van der Waals surface area contributed by atoms with Crippen LogP contribution < -0.4 is 0 Å². The van der Waals surface area contributed by atoms with Gasteiger partial charge in [0, 0.05) is 5.75 Å². The zero-order valence-corrected chi connectivity index (χ0v) is 11.2. The molecule has 2 atom stereocenters. The number of aliphatic hydroxyl groups is 1. The maximum absolute atomic E-state index is 11.3. The van der Waals surface area contributed by atoms with Crippen molar-refractivity contribution in [1.29, 1.82) is 0 Å². The molecular formula is C12H24O3S. The van der Waals surface area contributed by atoms with E-state index >= 15 is 0 Å². The molecule has 3 nitrogen and oxygen atoms in total. The lowest BCUT2D eigenvalue weighted by Gasteiger charge is -2.35. The molecule has 1 N–H and O–H groups in total. The molecule has 0 saturated heterocycles. The molecule has 1 aliphatic carbocycles. The van der Waals surface area contributed by atoms with Crippen molar-refractivity contribution in [3.05, 3.63) is 0 Å². The van der Waals surface area contributed by atoms with Crippen molar-refractivity contribution in [2.45, 2.75) is 58.0 Å². The van der Waals surface area contributed by atoms with Crippen LogP contribution in [0.4, 0.5) is 0 Å². The summed E-state index contributed by atoms with van der Waals surface area (Å²) in [7, 11) is -2.87. The number of sulfone groups is 1. The highest BCUT2D eigenvalue weighted by Crippen LogP contribution is 2.35.